The van der Waals surface area contributed by atoms with Gasteiger partial charge in [0.25, 0.3) is 0 Å². The molecule has 0 spiro atoms. The van der Waals surface area contributed by atoms with Gasteiger partial charge in [-0.15, -0.1) is 0 Å². The maximum Gasteiger partial charge on any atom is 0.308 e. The van der Waals surface area contributed by atoms with Crippen molar-refractivity contribution >= 4 is 5.97 Å². The summed E-state index contributed by atoms with van der Waals surface area (Å²) in [5, 5.41) is 9.90. The number of hydrogen-bond donors (Lipinski definition) is 1. The topological polar surface area (TPSA) is 49.8 Å². The van der Waals surface area contributed by atoms with Crippen molar-refractivity contribution in [2.24, 2.45) is 0 Å². The van der Waals surface area contributed by atoms with Gasteiger partial charge in [0.15, 0.2) is 0 Å². The smallest absolute Gasteiger partial charge is 0.308 e. The SMILES string of the molecule is CCOC(=O)CC(O)CN1CCc2ccccc2C1. The Kier molecular flexibility index (Phi) is 4.93. The number of β-amino-alcohol motifs (C(OH)–C–C–N with tert-alkyl or cyclic N) is 1. The maximum atomic E-state index is 11.3. The van der Waals surface area contributed by atoms with Crippen molar-refractivity contribution in [1.82, 2.24) is 4.90 Å². The lowest BCUT2D eigenvalue weighted by Gasteiger charge is -2.30. The van der Waals surface area contributed by atoms with Crippen LogP contribution in [0, 0.1) is 0 Å². The zero-order valence-corrected chi connectivity index (χ0v) is 11.3. The van der Waals surface area contributed by atoms with Gasteiger partial charge in [-0.05, 0) is 24.5 Å². The van der Waals surface area contributed by atoms with Gasteiger partial charge in [-0.3, -0.25) is 9.69 Å². The van der Waals surface area contributed by atoms with E-state index >= 15 is 0 Å². The predicted molar refractivity (Wildman–Crippen MR) is 72.7 cm³/mol. The average Bonchev–Trinajstić information content (AvgIpc) is 2.38. The largest absolute Gasteiger partial charge is 0.466 e. The van der Waals surface area contributed by atoms with Crippen LogP contribution < -0.4 is 0 Å². The molecule has 0 aliphatic carbocycles. The number of hydrogen-bond acceptors (Lipinski definition) is 4. The van der Waals surface area contributed by atoms with Crippen molar-refractivity contribution in [3.63, 3.8) is 0 Å². The third-order valence-electron chi connectivity index (χ3n) is 3.39. The summed E-state index contributed by atoms with van der Waals surface area (Å²) in [4.78, 5) is 13.5. The predicted octanol–water partition coefficient (Wildman–Crippen LogP) is 1.36. The van der Waals surface area contributed by atoms with Crippen LogP contribution in [0.2, 0.25) is 0 Å². The molecule has 0 aromatic heterocycles. The number of carbonyl (C=O) groups excluding carboxylic acids is 1. The fraction of sp³-hybridized carbons (Fsp3) is 0.533. The van der Waals surface area contributed by atoms with E-state index in [0.717, 1.165) is 19.5 Å². The first-order valence-corrected chi connectivity index (χ1v) is 6.82. The van der Waals surface area contributed by atoms with Crippen molar-refractivity contribution in [3.05, 3.63) is 35.4 Å². The van der Waals surface area contributed by atoms with Crippen LogP contribution in [0.3, 0.4) is 0 Å². The van der Waals surface area contributed by atoms with E-state index < -0.39 is 6.10 Å². The Hall–Kier alpha value is -1.39. The van der Waals surface area contributed by atoms with E-state index in [-0.39, 0.29) is 12.4 Å². The molecule has 0 bridgehead atoms. The molecule has 0 amide bonds. The highest BCUT2D eigenvalue weighted by molar-refractivity contribution is 5.69. The summed E-state index contributed by atoms with van der Waals surface area (Å²) >= 11 is 0. The van der Waals surface area contributed by atoms with Gasteiger partial charge in [-0.1, -0.05) is 24.3 Å². The highest BCUT2D eigenvalue weighted by atomic mass is 16.5. The first-order valence-electron chi connectivity index (χ1n) is 6.82. The Morgan fingerprint density at radius 2 is 2.16 bits per heavy atom. The molecule has 1 unspecified atom stereocenters. The van der Waals surface area contributed by atoms with Gasteiger partial charge >= 0.3 is 5.97 Å². The van der Waals surface area contributed by atoms with Gasteiger partial charge < -0.3 is 9.84 Å². The lowest BCUT2D eigenvalue weighted by atomic mass is 9.99. The van der Waals surface area contributed by atoms with Crippen LogP contribution in [0.4, 0.5) is 0 Å². The standard InChI is InChI=1S/C15H21NO3/c1-2-19-15(18)9-14(17)11-16-8-7-12-5-3-4-6-13(12)10-16/h3-6,14,17H,2,7-11H2,1H3. The second-order valence-corrected chi connectivity index (χ2v) is 4.92. The Labute approximate surface area is 114 Å². The summed E-state index contributed by atoms with van der Waals surface area (Å²) in [6.45, 7) is 4.43. The first-order chi connectivity index (χ1) is 9.19. The molecule has 2 rings (SSSR count). The molecule has 0 saturated carbocycles. The van der Waals surface area contributed by atoms with Crippen LogP contribution in [-0.2, 0) is 22.5 Å². The molecule has 4 heteroatoms. The van der Waals surface area contributed by atoms with Crippen molar-refractivity contribution < 1.29 is 14.6 Å². The summed E-state index contributed by atoms with van der Waals surface area (Å²) in [7, 11) is 0. The summed E-state index contributed by atoms with van der Waals surface area (Å²) in [5.74, 6) is -0.326. The Morgan fingerprint density at radius 3 is 2.89 bits per heavy atom. The van der Waals surface area contributed by atoms with E-state index in [2.05, 4.69) is 23.1 Å². The van der Waals surface area contributed by atoms with Crippen LogP contribution in [0.5, 0.6) is 0 Å². The molecule has 0 saturated heterocycles. The molecule has 1 atom stereocenters. The van der Waals surface area contributed by atoms with E-state index in [1.165, 1.54) is 11.1 Å². The third-order valence-corrected chi connectivity index (χ3v) is 3.39. The molecule has 1 aromatic rings. The monoisotopic (exact) mass is 263 g/mol. The third kappa shape index (κ3) is 4.04. The number of esters is 1. The van der Waals surface area contributed by atoms with Crippen molar-refractivity contribution in [3.8, 4) is 0 Å². The van der Waals surface area contributed by atoms with Crippen LogP contribution in [0.15, 0.2) is 24.3 Å². The van der Waals surface area contributed by atoms with Gasteiger partial charge in [-0.2, -0.15) is 0 Å². The number of carbonyl (C=O) groups is 1. The molecule has 19 heavy (non-hydrogen) atoms. The lowest BCUT2D eigenvalue weighted by Crippen LogP contribution is -2.37. The second kappa shape index (κ2) is 6.68. The summed E-state index contributed by atoms with van der Waals surface area (Å²) in [5.41, 5.74) is 2.70. The maximum absolute atomic E-state index is 11.3. The molecule has 4 nitrogen and oxygen atoms in total. The van der Waals surface area contributed by atoms with E-state index in [4.69, 9.17) is 4.74 Å². The minimum atomic E-state index is -0.649. The van der Waals surface area contributed by atoms with Gasteiger partial charge in [0, 0.05) is 19.6 Å². The zero-order chi connectivity index (χ0) is 13.7. The summed E-state index contributed by atoms with van der Waals surface area (Å²) in [6.07, 6.45) is 0.429. The minimum Gasteiger partial charge on any atom is -0.466 e. The lowest BCUT2D eigenvalue weighted by molar-refractivity contribution is -0.145. The number of fused-ring (bicyclic) bond motifs is 1. The molecule has 1 aromatic carbocycles. The fourth-order valence-electron chi connectivity index (χ4n) is 2.48. The summed E-state index contributed by atoms with van der Waals surface area (Å²) in [6, 6.07) is 8.38. The van der Waals surface area contributed by atoms with E-state index in [0.29, 0.717) is 13.2 Å². The fourth-order valence-corrected chi connectivity index (χ4v) is 2.48. The average molecular weight is 263 g/mol. The van der Waals surface area contributed by atoms with E-state index in [1.807, 2.05) is 6.07 Å². The number of rotatable bonds is 5. The van der Waals surface area contributed by atoms with Crippen LogP contribution >= 0.6 is 0 Å². The number of nitrogens with zero attached hydrogens (tertiary/aromatic N) is 1. The molecule has 1 heterocycles. The Bertz CT molecular complexity index is 433. The van der Waals surface area contributed by atoms with Crippen molar-refractivity contribution in [1.29, 1.82) is 0 Å². The number of benzene rings is 1. The van der Waals surface area contributed by atoms with Crippen LogP contribution in [0.1, 0.15) is 24.5 Å². The highest BCUT2D eigenvalue weighted by Crippen LogP contribution is 2.18. The van der Waals surface area contributed by atoms with Crippen LogP contribution in [0.25, 0.3) is 0 Å². The van der Waals surface area contributed by atoms with Gasteiger partial charge in [0.2, 0.25) is 0 Å². The minimum absolute atomic E-state index is 0.0754. The molecule has 1 aliphatic rings. The molecule has 0 fully saturated rings. The molecule has 104 valence electrons. The van der Waals surface area contributed by atoms with E-state index in [1.54, 1.807) is 6.92 Å². The van der Waals surface area contributed by atoms with E-state index in [9.17, 15) is 9.90 Å². The van der Waals surface area contributed by atoms with Crippen molar-refractivity contribution in [2.45, 2.75) is 32.4 Å². The number of aliphatic hydroxyl groups is 1. The second-order valence-electron chi connectivity index (χ2n) is 4.92. The van der Waals surface area contributed by atoms with Crippen molar-refractivity contribution in [2.75, 3.05) is 19.7 Å². The van der Waals surface area contributed by atoms with Gasteiger partial charge in [-0.25, -0.2) is 0 Å². The number of ether oxygens (including phenoxy) is 1. The molecular weight excluding hydrogens is 242 g/mol. The summed E-state index contributed by atoms with van der Waals surface area (Å²) < 4.78 is 4.84. The molecule has 0 radical (unpaired) electrons. The highest BCUT2D eigenvalue weighted by Gasteiger charge is 2.20. The zero-order valence-electron chi connectivity index (χ0n) is 11.3. The van der Waals surface area contributed by atoms with Gasteiger partial charge in [0.1, 0.15) is 0 Å². The molecular formula is C15H21NO3. The normalized spacial score (nSPS) is 16.7. The number of aliphatic hydroxyl groups excluding tert-OH is 1. The Morgan fingerprint density at radius 1 is 1.42 bits per heavy atom. The Balaban J connectivity index is 1.83. The molecule has 1 N–H and O–H groups in total. The van der Waals surface area contributed by atoms with Crippen LogP contribution in [-0.4, -0.2) is 41.8 Å². The molecule has 1 aliphatic heterocycles. The quantitative estimate of drug-likeness (QED) is 0.815. The van der Waals surface area contributed by atoms with Gasteiger partial charge in [0.05, 0.1) is 19.1 Å². The first kappa shape index (κ1) is 14.0.